The van der Waals surface area contributed by atoms with E-state index in [-0.39, 0.29) is 24.3 Å². The fourth-order valence-electron chi connectivity index (χ4n) is 2.32. The zero-order chi connectivity index (χ0) is 16.7. The Morgan fingerprint density at radius 2 is 1.78 bits per heavy atom. The molecule has 2 N–H and O–H groups in total. The van der Waals surface area contributed by atoms with Crippen molar-refractivity contribution >= 4 is 11.8 Å². The zero-order valence-electron chi connectivity index (χ0n) is 13.5. The Kier molecular flexibility index (Phi) is 5.92. The maximum absolute atomic E-state index is 12.0. The van der Waals surface area contributed by atoms with Crippen molar-refractivity contribution in [3.8, 4) is 0 Å². The van der Waals surface area contributed by atoms with Crippen LogP contribution in [0.25, 0.3) is 0 Å². The Balaban J connectivity index is 1.75. The van der Waals surface area contributed by atoms with E-state index in [2.05, 4.69) is 10.6 Å². The van der Waals surface area contributed by atoms with Crippen molar-refractivity contribution in [2.75, 3.05) is 6.54 Å². The van der Waals surface area contributed by atoms with Gasteiger partial charge >= 0.3 is 0 Å². The van der Waals surface area contributed by atoms with E-state index in [9.17, 15) is 9.59 Å². The van der Waals surface area contributed by atoms with Gasteiger partial charge in [-0.2, -0.15) is 0 Å². The highest BCUT2D eigenvalue weighted by atomic mass is 16.2. The zero-order valence-corrected chi connectivity index (χ0v) is 13.5. The van der Waals surface area contributed by atoms with Crippen LogP contribution in [-0.2, 0) is 4.79 Å². The van der Waals surface area contributed by atoms with Crippen LogP contribution >= 0.6 is 0 Å². The SMILES string of the molecule is Cc1cccc(C(=O)NCCC(=O)NC(C)c2ccccc2)c1. The van der Waals surface area contributed by atoms with Crippen LogP contribution in [0.4, 0.5) is 0 Å². The molecule has 2 rings (SSSR count). The monoisotopic (exact) mass is 310 g/mol. The van der Waals surface area contributed by atoms with E-state index in [1.165, 1.54) is 0 Å². The van der Waals surface area contributed by atoms with E-state index in [1.54, 1.807) is 6.07 Å². The first-order valence-electron chi connectivity index (χ1n) is 7.75. The predicted molar refractivity (Wildman–Crippen MR) is 91.1 cm³/mol. The molecule has 0 saturated heterocycles. The molecule has 1 unspecified atom stereocenters. The van der Waals surface area contributed by atoms with Crippen LogP contribution in [0.3, 0.4) is 0 Å². The summed E-state index contributed by atoms with van der Waals surface area (Å²) >= 11 is 0. The maximum Gasteiger partial charge on any atom is 0.251 e. The second-order valence-electron chi connectivity index (χ2n) is 5.58. The number of rotatable bonds is 6. The topological polar surface area (TPSA) is 58.2 Å². The second-order valence-corrected chi connectivity index (χ2v) is 5.58. The molecule has 2 aromatic carbocycles. The van der Waals surface area contributed by atoms with Crippen LogP contribution in [0.15, 0.2) is 54.6 Å². The minimum atomic E-state index is -0.155. The number of benzene rings is 2. The molecule has 0 fully saturated rings. The summed E-state index contributed by atoms with van der Waals surface area (Å²) in [6.45, 7) is 4.20. The third-order valence-corrected chi connectivity index (χ3v) is 3.59. The van der Waals surface area contributed by atoms with E-state index >= 15 is 0 Å². The third-order valence-electron chi connectivity index (χ3n) is 3.59. The minimum absolute atomic E-state index is 0.0452. The van der Waals surface area contributed by atoms with Crippen molar-refractivity contribution in [1.82, 2.24) is 10.6 Å². The lowest BCUT2D eigenvalue weighted by Crippen LogP contribution is -2.32. The minimum Gasteiger partial charge on any atom is -0.352 e. The Hall–Kier alpha value is -2.62. The van der Waals surface area contributed by atoms with Gasteiger partial charge in [-0.3, -0.25) is 9.59 Å². The standard InChI is InChI=1S/C19H22N2O2/c1-14-7-6-10-17(13-14)19(23)20-12-11-18(22)21-15(2)16-8-4-3-5-9-16/h3-10,13,15H,11-12H2,1-2H3,(H,20,23)(H,21,22). The average molecular weight is 310 g/mol. The predicted octanol–water partition coefficient (Wildman–Crippen LogP) is 2.99. The summed E-state index contributed by atoms with van der Waals surface area (Å²) in [7, 11) is 0. The lowest BCUT2D eigenvalue weighted by molar-refractivity contribution is -0.121. The van der Waals surface area contributed by atoms with Crippen molar-refractivity contribution in [2.24, 2.45) is 0 Å². The number of hydrogen-bond acceptors (Lipinski definition) is 2. The normalized spacial score (nSPS) is 11.6. The first kappa shape index (κ1) is 16.7. The van der Waals surface area contributed by atoms with Crippen LogP contribution < -0.4 is 10.6 Å². The molecule has 0 aliphatic carbocycles. The molecule has 4 nitrogen and oxygen atoms in total. The summed E-state index contributed by atoms with van der Waals surface area (Å²) in [5, 5.41) is 5.70. The molecular weight excluding hydrogens is 288 g/mol. The molecule has 0 aliphatic heterocycles. The van der Waals surface area contributed by atoms with Crippen LogP contribution in [0.1, 0.15) is 40.9 Å². The summed E-state index contributed by atoms with van der Waals surface area (Å²) in [6.07, 6.45) is 0.259. The molecule has 2 aromatic rings. The lowest BCUT2D eigenvalue weighted by atomic mass is 10.1. The molecule has 1 atom stereocenters. The molecular formula is C19H22N2O2. The highest BCUT2D eigenvalue weighted by molar-refractivity contribution is 5.94. The van der Waals surface area contributed by atoms with Crippen molar-refractivity contribution in [3.05, 3.63) is 71.3 Å². The van der Waals surface area contributed by atoms with Gasteiger partial charge < -0.3 is 10.6 Å². The largest absolute Gasteiger partial charge is 0.352 e. The Labute approximate surface area is 136 Å². The Morgan fingerprint density at radius 3 is 2.48 bits per heavy atom. The molecule has 0 bridgehead atoms. The molecule has 0 aromatic heterocycles. The van der Waals surface area contributed by atoms with Gasteiger partial charge in [-0.25, -0.2) is 0 Å². The molecule has 0 aliphatic rings. The van der Waals surface area contributed by atoms with Crippen molar-refractivity contribution in [3.63, 3.8) is 0 Å². The number of amides is 2. The van der Waals surface area contributed by atoms with E-state index in [0.29, 0.717) is 12.1 Å². The number of carbonyl (C=O) groups is 2. The van der Waals surface area contributed by atoms with Crippen molar-refractivity contribution in [2.45, 2.75) is 26.3 Å². The third kappa shape index (κ3) is 5.25. The van der Waals surface area contributed by atoms with Gasteiger partial charge in [0.15, 0.2) is 0 Å². The Bertz CT molecular complexity index is 668. The first-order chi connectivity index (χ1) is 11.1. The molecule has 23 heavy (non-hydrogen) atoms. The van der Waals surface area contributed by atoms with Crippen LogP contribution in [0.5, 0.6) is 0 Å². The number of aryl methyl sites for hydroxylation is 1. The quantitative estimate of drug-likeness (QED) is 0.861. The molecule has 120 valence electrons. The first-order valence-corrected chi connectivity index (χ1v) is 7.75. The lowest BCUT2D eigenvalue weighted by Gasteiger charge is -2.14. The smallest absolute Gasteiger partial charge is 0.251 e. The summed E-state index contributed by atoms with van der Waals surface area (Å²) in [5.74, 6) is -0.233. The average Bonchev–Trinajstić information content (AvgIpc) is 2.55. The summed E-state index contributed by atoms with van der Waals surface area (Å²) in [6, 6.07) is 17.1. The van der Waals surface area contributed by atoms with Crippen LogP contribution in [-0.4, -0.2) is 18.4 Å². The summed E-state index contributed by atoms with van der Waals surface area (Å²) < 4.78 is 0. The highest BCUT2D eigenvalue weighted by Gasteiger charge is 2.10. The number of carbonyl (C=O) groups excluding carboxylic acids is 2. The van der Waals surface area contributed by atoms with Crippen molar-refractivity contribution < 1.29 is 9.59 Å². The molecule has 4 heteroatoms. The highest BCUT2D eigenvalue weighted by Crippen LogP contribution is 2.11. The molecule has 0 radical (unpaired) electrons. The van der Waals surface area contributed by atoms with Gasteiger partial charge in [-0.05, 0) is 31.5 Å². The van der Waals surface area contributed by atoms with Crippen LogP contribution in [0.2, 0.25) is 0 Å². The van der Waals surface area contributed by atoms with Gasteiger partial charge in [0.25, 0.3) is 5.91 Å². The fraction of sp³-hybridized carbons (Fsp3) is 0.263. The van der Waals surface area contributed by atoms with E-state index in [4.69, 9.17) is 0 Å². The molecule has 0 heterocycles. The van der Waals surface area contributed by atoms with Gasteiger partial charge in [-0.1, -0.05) is 48.0 Å². The number of nitrogens with one attached hydrogen (secondary N) is 2. The van der Waals surface area contributed by atoms with Gasteiger partial charge in [0, 0.05) is 18.5 Å². The van der Waals surface area contributed by atoms with Gasteiger partial charge in [0.1, 0.15) is 0 Å². The molecule has 0 spiro atoms. The Morgan fingerprint density at radius 1 is 1.04 bits per heavy atom. The molecule has 2 amide bonds. The fourth-order valence-corrected chi connectivity index (χ4v) is 2.32. The second kappa shape index (κ2) is 8.13. The summed E-state index contributed by atoms with van der Waals surface area (Å²) in [5.41, 5.74) is 2.71. The van der Waals surface area contributed by atoms with Crippen molar-refractivity contribution in [1.29, 1.82) is 0 Å². The summed E-state index contributed by atoms with van der Waals surface area (Å²) in [4.78, 5) is 23.9. The van der Waals surface area contributed by atoms with E-state index < -0.39 is 0 Å². The van der Waals surface area contributed by atoms with Gasteiger partial charge in [0.2, 0.25) is 5.91 Å². The van der Waals surface area contributed by atoms with E-state index in [0.717, 1.165) is 11.1 Å². The van der Waals surface area contributed by atoms with Crippen LogP contribution in [0, 0.1) is 6.92 Å². The number of hydrogen-bond donors (Lipinski definition) is 2. The van der Waals surface area contributed by atoms with Gasteiger partial charge in [0.05, 0.1) is 6.04 Å². The molecule has 0 saturated carbocycles. The van der Waals surface area contributed by atoms with E-state index in [1.807, 2.05) is 62.4 Å². The van der Waals surface area contributed by atoms with Gasteiger partial charge in [-0.15, -0.1) is 0 Å². The maximum atomic E-state index is 12.0.